The van der Waals surface area contributed by atoms with Crippen LogP contribution in [0.2, 0.25) is 0 Å². The van der Waals surface area contributed by atoms with Crippen molar-refractivity contribution in [2.45, 2.75) is 18.4 Å². The normalized spacial score (nSPS) is 16.6. The zero-order valence-electron chi connectivity index (χ0n) is 14.1. The third kappa shape index (κ3) is 3.41. The van der Waals surface area contributed by atoms with Gasteiger partial charge in [0, 0.05) is 39.1 Å². The topological polar surface area (TPSA) is 102 Å². The highest BCUT2D eigenvalue weighted by atomic mass is 16.5. The van der Waals surface area contributed by atoms with Gasteiger partial charge < -0.3 is 19.4 Å². The Labute approximate surface area is 144 Å². The number of nitrogens with one attached hydrogen (secondary N) is 1. The van der Waals surface area contributed by atoms with Gasteiger partial charge in [0.2, 0.25) is 5.91 Å². The predicted octanol–water partition coefficient (Wildman–Crippen LogP) is 0.265. The van der Waals surface area contributed by atoms with Gasteiger partial charge in [-0.2, -0.15) is 5.10 Å². The molecule has 134 valence electrons. The van der Waals surface area contributed by atoms with Crippen molar-refractivity contribution >= 4 is 11.8 Å². The number of nitrogens with zero attached hydrogens (tertiary/aromatic N) is 4. The molecule has 0 saturated carbocycles. The van der Waals surface area contributed by atoms with E-state index >= 15 is 0 Å². The summed E-state index contributed by atoms with van der Waals surface area (Å²) in [6.07, 6.45) is 6.93. The van der Waals surface area contributed by atoms with E-state index in [4.69, 9.17) is 9.15 Å². The number of ether oxygens (including phenoxy) is 1. The number of hydrogen-bond donors (Lipinski definition) is 1. The Morgan fingerprint density at radius 3 is 2.80 bits per heavy atom. The third-order valence-corrected chi connectivity index (χ3v) is 4.49. The summed E-state index contributed by atoms with van der Waals surface area (Å²) in [6.45, 7) is 1.74. The molecule has 3 rings (SSSR count). The molecule has 2 aromatic rings. The molecule has 0 aliphatic carbocycles. The number of methoxy groups -OCH3 is 1. The average Bonchev–Trinajstić information content (AvgIpc) is 3.35. The highest BCUT2D eigenvalue weighted by Gasteiger charge is 2.44. The van der Waals surface area contributed by atoms with Crippen molar-refractivity contribution in [3.05, 3.63) is 36.8 Å². The summed E-state index contributed by atoms with van der Waals surface area (Å²) < 4.78 is 11.5. The number of carbonyl (C=O) groups excluding carboxylic acids is 2. The molecule has 0 atom stereocenters. The molecular formula is C16H21N5O4. The highest BCUT2D eigenvalue weighted by molar-refractivity contribution is 5.92. The first-order valence-electron chi connectivity index (χ1n) is 8.12. The molecule has 0 spiro atoms. The van der Waals surface area contributed by atoms with Crippen molar-refractivity contribution in [1.82, 2.24) is 25.0 Å². The van der Waals surface area contributed by atoms with Crippen LogP contribution in [0.1, 0.15) is 23.3 Å². The van der Waals surface area contributed by atoms with E-state index in [9.17, 15) is 9.59 Å². The van der Waals surface area contributed by atoms with Crippen molar-refractivity contribution in [3.8, 4) is 0 Å². The molecule has 3 heterocycles. The van der Waals surface area contributed by atoms with Crippen LogP contribution in [0.3, 0.4) is 0 Å². The fourth-order valence-electron chi connectivity index (χ4n) is 3.07. The highest BCUT2D eigenvalue weighted by Crippen LogP contribution is 2.30. The molecule has 2 aromatic heterocycles. The second-order valence-electron chi connectivity index (χ2n) is 5.90. The average molecular weight is 347 g/mol. The Kier molecular flexibility index (Phi) is 5.13. The van der Waals surface area contributed by atoms with Crippen LogP contribution in [0.25, 0.3) is 0 Å². The zero-order valence-corrected chi connectivity index (χ0v) is 14.1. The van der Waals surface area contributed by atoms with Crippen LogP contribution in [-0.2, 0) is 15.1 Å². The maximum absolute atomic E-state index is 12.8. The monoisotopic (exact) mass is 347 g/mol. The molecule has 25 heavy (non-hydrogen) atoms. The number of rotatable bonds is 6. The molecule has 0 bridgehead atoms. The smallest absolute Gasteiger partial charge is 0.275 e. The number of oxazole rings is 1. The molecule has 9 heteroatoms. The Hall–Kier alpha value is -2.68. The van der Waals surface area contributed by atoms with E-state index < -0.39 is 5.54 Å². The van der Waals surface area contributed by atoms with E-state index in [0.717, 1.165) is 0 Å². The predicted molar refractivity (Wildman–Crippen MR) is 86.7 cm³/mol. The number of aromatic nitrogens is 3. The van der Waals surface area contributed by atoms with E-state index in [1.54, 1.807) is 35.2 Å². The molecule has 9 nitrogen and oxygen atoms in total. The number of piperidine rings is 1. The van der Waals surface area contributed by atoms with Crippen molar-refractivity contribution < 1.29 is 18.7 Å². The summed E-state index contributed by atoms with van der Waals surface area (Å²) in [4.78, 5) is 30.8. The number of likely N-dealkylation sites (tertiary alicyclic amines) is 1. The van der Waals surface area contributed by atoms with Crippen LogP contribution in [0.15, 0.2) is 35.5 Å². The first-order chi connectivity index (χ1) is 12.2. The van der Waals surface area contributed by atoms with E-state index in [1.807, 2.05) is 0 Å². The Morgan fingerprint density at radius 1 is 1.40 bits per heavy atom. The molecule has 1 aliphatic rings. The lowest BCUT2D eigenvalue weighted by molar-refractivity contribution is -0.133. The lowest BCUT2D eigenvalue weighted by Crippen LogP contribution is -2.56. The van der Waals surface area contributed by atoms with Crippen LogP contribution in [0, 0.1) is 0 Å². The van der Waals surface area contributed by atoms with Crippen molar-refractivity contribution in [2.75, 3.05) is 33.4 Å². The summed E-state index contributed by atoms with van der Waals surface area (Å²) in [7, 11) is 1.59. The molecule has 1 aliphatic heterocycles. The summed E-state index contributed by atoms with van der Waals surface area (Å²) in [5.41, 5.74) is -0.533. The maximum atomic E-state index is 12.8. The SMILES string of the molecule is COCCNC(=O)C1(n2cccn2)CCN(C(=O)c2cocn2)CC1. The first-order valence-corrected chi connectivity index (χ1v) is 8.12. The lowest BCUT2D eigenvalue weighted by Gasteiger charge is -2.40. The lowest BCUT2D eigenvalue weighted by atomic mass is 9.86. The minimum Gasteiger partial charge on any atom is -0.451 e. The Bertz CT molecular complexity index is 690. The maximum Gasteiger partial charge on any atom is 0.275 e. The van der Waals surface area contributed by atoms with Gasteiger partial charge in [0.1, 0.15) is 11.8 Å². The minimum atomic E-state index is -0.808. The number of carbonyl (C=O) groups is 2. The second-order valence-corrected chi connectivity index (χ2v) is 5.90. The molecule has 2 amide bonds. The van der Waals surface area contributed by atoms with E-state index in [-0.39, 0.29) is 17.5 Å². The van der Waals surface area contributed by atoms with Crippen LogP contribution < -0.4 is 5.32 Å². The number of hydrogen-bond acceptors (Lipinski definition) is 6. The van der Waals surface area contributed by atoms with E-state index in [0.29, 0.717) is 39.1 Å². The van der Waals surface area contributed by atoms with Gasteiger partial charge in [-0.15, -0.1) is 0 Å². The van der Waals surface area contributed by atoms with Crippen LogP contribution in [0.5, 0.6) is 0 Å². The van der Waals surface area contributed by atoms with Gasteiger partial charge >= 0.3 is 0 Å². The molecular weight excluding hydrogens is 326 g/mol. The van der Waals surface area contributed by atoms with Crippen LogP contribution in [0.4, 0.5) is 0 Å². The Morgan fingerprint density at radius 2 is 2.20 bits per heavy atom. The third-order valence-electron chi connectivity index (χ3n) is 4.49. The van der Waals surface area contributed by atoms with Crippen LogP contribution in [-0.4, -0.2) is 64.8 Å². The Balaban J connectivity index is 1.73. The van der Waals surface area contributed by atoms with Crippen molar-refractivity contribution in [1.29, 1.82) is 0 Å². The minimum absolute atomic E-state index is 0.109. The molecule has 1 N–H and O–H groups in total. The molecule has 1 fully saturated rings. The van der Waals surface area contributed by atoms with Gasteiger partial charge in [0.25, 0.3) is 5.91 Å². The van der Waals surface area contributed by atoms with Gasteiger partial charge in [0.15, 0.2) is 12.1 Å². The summed E-state index contributed by atoms with van der Waals surface area (Å²) >= 11 is 0. The van der Waals surface area contributed by atoms with Gasteiger partial charge in [-0.1, -0.05) is 0 Å². The fourth-order valence-corrected chi connectivity index (χ4v) is 3.07. The quantitative estimate of drug-likeness (QED) is 0.752. The molecule has 0 aromatic carbocycles. The largest absolute Gasteiger partial charge is 0.451 e. The molecule has 0 unspecified atom stereocenters. The van der Waals surface area contributed by atoms with Gasteiger partial charge in [-0.3, -0.25) is 14.3 Å². The van der Waals surface area contributed by atoms with E-state index in [2.05, 4.69) is 15.4 Å². The zero-order chi connectivity index (χ0) is 17.7. The van der Waals surface area contributed by atoms with Crippen LogP contribution >= 0.6 is 0 Å². The molecule has 0 radical (unpaired) electrons. The first kappa shape index (κ1) is 17.2. The van der Waals surface area contributed by atoms with Gasteiger partial charge in [-0.25, -0.2) is 4.98 Å². The molecule has 1 saturated heterocycles. The van der Waals surface area contributed by atoms with Gasteiger partial charge in [-0.05, 0) is 18.9 Å². The summed E-state index contributed by atoms with van der Waals surface area (Å²) in [6, 6.07) is 1.79. The fraction of sp³-hybridized carbons (Fsp3) is 0.500. The standard InChI is InChI=1S/C16H21N5O4/c1-24-10-6-17-15(23)16(21-7-2-5-19-21)3-8-20(9-4-16)14(22)13-11-25-12-18-13/h2,5,7,11-12H,3-4,6,8-10H2,1H3,(H,17,23). The summed E-state index contributed by atoms with van der Waals surface area (Å²) in [5.74, 6) is -0.301. The van der Waals surface area contributed by atoms with Crippen molar-refractivity contribution in [2.24, 2.45) is 0 Å². The summed E-state index contributed by atoms with van der Waals surface area (Å²) in [5, 5.41) is 7.17. The van der Waals surface area contributed by atoms with Gasteiger partial charge in [0.05, 0.1) is 6.61 Å². The van der Waals surface area contributed by atoms with E-state index in [1.165, 1.54) is 12.7 Å². The second kappa shape index (κ2) is 7.47. The number of amides is 2. The van der Waals surface area contributed by atoms with Crippen molar-refractivity contribution in [3.63, 3.8) is 0 Å².